The van der Waals surface area contributed by atoms with Crippen LogP contribution in [0.25, 0.3) is 0 Å². The summed E-state index contributed by atoms with van der Waals surface area (Å²) in [6.45, 7) is 7.59. The lowest BCUT2D eigenvalue weighted by Gasteiger charge is -2.08. The van der Waals surface area contributed by atoms with Gasteiger partial charge in [0.15, 0.2) is 11.6 Å². The molecule has 3 nitrogen and oxygen atoms in total. The highest BCUT2D eigenvalue weighted by Gasteiger charge is 2.14. The number of hydrogen-bond donors (Lipinski definition) is 0. The number of para-hydroxylation sites is 1. The minimum absolute atomic E-state index is 0.0105. The zero-order valence-corrected chi connectivity index (χ0v) is 15.1. The molecule has 0 aromatic heterocycles. The molecule has 0 N–H and O–H groups in total. The third kappa shape index (κ3) is 5.65. The summed E-state index contributed by atoms with van der Waals surface area (Å²) in [5.41, 5.74) is 1.47. The Bertz CT molecular complexity index is 658. The topological polar surface area (TPSA) is 43.4 Å². The molecule has 24 heavy (non-hydrogen) atoms. The van der Waals surface area contributed by atoms with Crippen molar-refractivity contribution in [3.8, 4) is 5.75 Å². The fraction of sp³-hybridized carbons (Fsp3) is 0.333. The summed E-state index contributed by atoms with van der Waals surface area (Å²) < 4.78 is 5.10. The molecule has 2 aromatic carbocycles. The van der Waals surface area contributed by atoms with Gasteiger partial charge in [0.25, 0.3) is 0 Å². The quantitative estimate of drug-likeness (QED) is 0.721. The number of Topliss-reactive ketones (excluding diaryl/α,β-unsaturated/α-hetero) is 2. The van der Waals surface area contributed by atoms with Gasteiger partial charge in [-0.1, -0.05) is 70.2 Å². The molecule has 128 valence electrons. The van der Waals surface area contributed by atoms with Crippen molar-refractivity contribution in [2.75, 3.05) is 7.11 Å². The maximum atomic E-state index is 11.6. The van der Waals surface area contributed by atoms with Gasteiger partial charge in [-0.3, -0.25) is 9.59 Å². The van der Waals surface area contributed by atoms with E-state index in [9.17, 15) is 9.59 Å². The Hall–Kier alpha value is -2.42. The molecule has 2 aromatic rings. The minimum Gasteiger partial charge on any atom is -0.496 e. The molecule has 0 aliphatic heterocycles. The first-order valence-electron chi connectivity index (χ1n) is 8.15. The first-order valence-corrected chi connectivity index (χ1v) is 8.15. The second kappa shape index (κ2) is 9.66. The van der Waals surface area contributed by atoms with E-state index in [0.29, 0.717) is 11.3 Å². The van der Waals surface area contributed by atoms with Gasteiger partial charge in [-0.25, -0.2) is 0 Å². The van der Waals surface area contributed by atoms with Crippen molar-refractivity contribution in [2.24, 2.45) is 11.8 Å². The first-order chi connectivity index (χ1) is 11.4. The van der Waals surface area contributed by atoms with Gasteiger partial charge in [-0.15, -0.1) is 0 Å². The van der Waals surface area contributed by atoms with Crippen LogP contribution < -0.4 is 4.74 Å². The van der Waals surface area contributed by atoms with Crippen LogP contribution in [0.5, 0.6) is 5.75 Å². The number of hydrogen-bond acceptors (Lipinski definition) is 3. The molecule has 0 heterocycles. The Morgan fingerprint density at radius 1 is 0.750 bits per heavy atom. The van der Waals surface area contributed by atoms with Crippen molar-refractivity contribution >= 4 is 11.6 Å². The summed E-state index contributed by atoms with van der Waals surface area (Å²) in [5, 5.41) is 0. The van der Waals surface area contributed by atoms with Gasteiger partial charge in [-0.2, -0.15) is 0 Å². The summed E-state index contributed by atoms with van der Waals surface area (Å²) in [6, 6.07) is 16.7. The van der Waals surface area contributed by atoms with E-state index in [1.807, 2.05) is 70.2 Å². The van der Waals surface area contributed by atoms with Crippen LogP contribution in [0.2, 0.25) is 0 Å². The first kappa shape index (κ1) is 19.6. The molecule has 0 spiro atoms. The van der Waals surface area contributed by atoms with Crippen LogP contribution in [0, 0.1) is 11.8 Å². The number of ether oxygens (including phenoxy) is 1. The van der Waals surface area contributed by atoms with Crippen LogP contribution in [0.3, 0.4) is 0 Å². The smallest absolute Gasteiger partial charge is 0.169 e. The van der Waals surface area contributed by atoms with Crippen LogP contribution in [0.4, 0.5) is 0 Å². The van der Waals surface area contributed by atoms with Gasteiger partial charge in [0.05, 0.1) is 12.7 Å². The summed E-state index contributed by atoms with van der Waals surface area (Å²) >= 11 is 0. The Morgan fingerprint density at radius 3 is 1.75 bits per heavy atom. The van der Waals surface area contributed by atoms with Crippen molar-refractivity contribution in [1.29, 1.82) is 0 Å². The van der Waals surface area contributed by atoms with E-state index in [4.69, 9.17) is 4.74 Å². The summed E-state index contributed by atoms with van der Waals surface area (Å²) in [7, 11) is 1.58. The van der Waals surface area contributed by atoms with Crippen LogP contribution in [0.15, 0.2) is 54.6 Å². The van der Waals surface area contributed by atoms with Crippen molar-refractivity contribution in [2.45, 2.75) is 27.7 Å². The molecule has 3 heteroatoms. The molecule has 0 saturated heterocycles. The SMILES string of the molecule is CC(C)C(=O)c1ccccc1.COc1ccccc1C(=O)C(C)C. The van der Waals surface area contributed by atoms with Crippen LogP contribution in [-0.2, 0) is 0 Å². The lowest BCUT2D eigenvalue weighted by atomic mass is 10.0. The van der Waals surface area contributed by atoms with Gasteiger partial charge < -0.3 is 4.74 Å². The maximum Gasteiger partial charge on any atom is 0.169 e. The van der Waals surface area contributed by atoms with Crippen molar-refractivity contribution in [3.63, 3.8) is 0 Å². The second-order valence-corrected chi connectivity index (χ2v) is 6.10. The molecule has 0 aliphatic rings. The second-order valence-electron chi connectivity index (χ2n) is 6.10. The third-order valence-electron chi connectivity index (χ3n) is 3.48. The number of carbonyl (C=O) groups excluding carboxylic acids is 2. The zero-order valence-electron chi connectivity index (χ0n) is 15.1. The molecule has 0 fully saturated rings. The third-order valence-corrected chi connectivity index (χ3v) is 3.48. The summed E-state index contributed by atoms with van der Waals surface area (Å²) in [4.78, 5) is 23.0. The Kier molecular flexibility index (Phi) is 7.90. The van der Waals surface area contributed by atoms with E-state index in [-0.39, 0.29) is 23.4 Å². The van der Waals surface area contributed by atoms with Gasteiger partial charge >= 0.3 is 0 Å². The number of rotatable bonds is 5. The Balaban J connectivity index is 0.000000243. The highest BCUT2D eigenvalue weighted by atomic mass is 16.5. The lowest BCUT2D eigenvalue weighted by Crippen LogP contribution is -2.08. The normalized spacial score (nSPS) is 10.1. The molecule has 0 saturated carbocycles. The van der Waals surface area contributed by atoms with Gasteiger partial charge in [0.2, 0.25) is 0 Å². The standard InChI is InChI=1S/C11H14O2.C10H12O/c1-8(2)11(12)9-6-4-5-7-10(9)13-3;1-8(2)10(11)9-6-4-3-5-7-9/h4-8H,1-3H3;3-8H,1-2H3. The Morgan fingerprint density at radius 2 is 1.25 bits per heavy atom. The Labute approximate surface area is 144 Å². The largest absolute Gasteiger partial charge is 0.496 e. The van der Waals surface area contributed by atoms with E-state index in [1.54, 1.807) is 19.2 Å². The van der Waals surface area contributed by atoms with Crippen molar-refractivity contribution in [1.82, 2.24) is 0 Å². The zero-order chi connectivity index (χ0) is 18.1. The van der Waals surface area contributed by atoms with E-state index < -0.39 is 0 Å². The van der Waals surface area contributed by atoms with Gasteiger partial charge in [-0.05, 0) is 12.1 Å². The molecule has 0 aliphatic carbocycles. The average molecular weight is 326 g/mol. The molecular weight excluding hydrogens is 300 g/mol. The predicted octanol–water partition coefficient (Wildman–Crippen LogP) is 5.06. The molecule has 0 radical (unpaired) electrons. The van der Waals surface area contributed by atoms with E-state index >= 15 is 0 Å². The van der Waals surface area contributed by atoms with E-state index in [2.05, 4.69) is 0 Å². The fourth-order valence-corrected chi connectivity index (χ4v) is 2.09. The monoisotopic (exact) mass is 326 g/mol. The van der Waals surface area contributed by atoms with Crippen LogP contribution >= 0.6 is 0 Å². The number of carbonyl (C=O) groups is 2. The number of ketones is 2. The molecule has 0 unspecified atom stereocenters. The average Bonchev–Trinajstić information content (AvgIpc) is 2.61. The van der Waals surface area contributed by atoms with Gasteiger partial charge in [0, 0.05) is 17.4 Å². The summed E-state index contributed by atoms with van der Waals surface area (Å²) in [5.74, 6) is 1.10. The predicted molar refractivity (Wildman–Crippen MR) is 97.8 cm³/mol. The molecule has 0 atom stereocenters. The lowest BCUT2D eigenvalue weighted by molar-refractivity contribution is 0.0930. The molecule has 0 bridgehead atoms. The van der Waals surface area contributed by atoms with Crippen LogP contribution in [0.1, 0.15) is 48.4 Å². The summed E-state index contributed by atoms with van der Waals surface area (Å²) in [6.07, 6.45) is 0. The molecule has 2 rings (SSSR count). The molecule has 0 amide bonds. The van der Waals surface area contributed by atoms with Crippen molar-refractivity contribution < 1.29 is 14.3 Å². The fourth-order valence-electron chi connectivity index (χ4n) is 2.09. The molecular formula is C21H26O3. The number of benzene rings is 2. The maximum absolute atomic E-state index is 11.6. The number of methoxy groups -OCH3 is 1. The highest BCUT2D eigenvalue weighted by molar-refractivity contribution is 5.99. The van der Waals surface area contributed by atoms with E-state index in [0.717, 1.165) is 5.56 Å². The van der Waals surface area contributed by atoms with E-state index in [1.165, 1.54) is 0 Å². The minimum atomic E-state index is 0.0105. The van der Waals surface area contributed by atoms with Crippen LogP contribution in [-0.4, -0.2) is 18.7 Å². The van der Waals surface area contributed by atoms with Crippen molar-refractivity contribution in [3.05, 3.63) is 65.7 Å². The van der Waals surface area contributed by atoms with Gasteiger partial charge in [0.1, 0.15) is 5.75 Å². The highest BCUT2D eigenvalue weighted by Crippen LogP contribution is 2.20.